The molecule has 0 spiro atoms. The Morgan fingerprint density at radius 3 is 2.38 bits per heavy atom. The molecule has 3 aromatic heterocycles. The van der Waals surface area contributed by atoms with Crippen molar-refractivity contribution in [2.45, 2.75) is 25.8 Å². The number of carbonyl (C=O) groups excluding carboxylic acids is 1. The number of aryl methyl sites for hydroxylation is 1. The molecule has 0 aliphatic rings. The van der Waals surface area contributed by atoms with Crippen molar-refractivity contribution in [3.05, 3.63) is 114 Å². The van der Waals surface area contributed by atoms with Crippen molar-refractivity contribution in [1.82, 2.24) is 20.6 Å². The second-order valence-electron chi connectivity index (χ2n) is 11.5. The van der Waals surface area contributed by atoms with E-state index in [2.05, 4.69) is 87.3 Å². The van der Waals surface area contributed by atoms with Gasteiger partial charge in [-0.15, -0.1) is 0 Å². The molecule has 47 heavy (non-hydrogen) atoms. The van der Waals surface area contributed by atoms with Crippen LogP contribution in [0.1, 0.15) is 28.9 Å². The topological polar surface area (TPSA) is 111 Å². The number of hydrogen-bond donors (Lipinski definition) is 3. The van der Waals surface area contributed by atoms with Gasteiger partial charge < -0.3 is 34.2 Å². The molecule has 0 bridgehead atoms. The highest BCUT2D eigenvalue weighted by atomic mass is 16.5. The van der Waals surface area contributed by atoms with Gasteiger partial charge >= 0.3 is 0 Å². The van der Waals surface area contributed by atoms with Crippen LogP contribution in [-0.2, 0) is 38.4 Å². The number of ether oxygens (including phenoxy) is 3. The minimum Gasteiger partial charge on any atom is -0.461 e. The van der Waals surface area contributed by atoms with E-state index in [9.17, 15) is 4.79 Å². The molecule has 9 nitrogen and oxygen atoms in total. The largest absolute Gasteiger partial charge is 0.461 e. The van der Waals surface area contributed by atoms with E-state index in [4.69, 9.17) is 18.6 Å². The molecular formula is C38H42N4O5. The molecule has 6 aromatic rings. The van der Waals surface area contributed by atoms with Crippen molar-refractivity contribution in [2.75, 3.05) is 52.7 Å². The van der Waals surface area contributed by atoms with E-state index < -0.39 is 0 Å². The maximum Gasteiger partial charge on any atom is 0.220 e. The van der Waals surface area contributed by atoms with Gasteiger partial charge in [0.1, 0.15) is 11.3 Å². The monoisotopic (exact) mass is 634 g/mol. The molecule has 0 aliphatic heterocycles. The molecule has 0 fully saturated rings. The number of pyridine rings is 1. The third kappa shape index (κ3) is 9.49. The van der Waals surface area contributed by atoms with E-state index in [-0.39, 0.29) is 5.91 Å². The van der Waals surface area contributed by atoms with E-state index >= 15 is 0 Å². The lowest BCUT2D eigenvalue weighted by molar-refractivity contribution is -0.121. The summed E-state index contributed by atoms with van der Waals surface area (Å²) in [5.41, 5.74) is 6.59. The van der Waals surface area contributed by atoms with Crippen molar-refractivity contribution < 1.29 is 23.4 Å². The normalized spacial score (nSPS) is 11.6. The van der Waals surface area contributed by atoms with Gasteiger partial charge in [0.15, 0.2) is 0 Å². The van der Waals surface area contributed by atoms with E-state index in [1.54, 1.807) is 6.20 Å². The Morgan fingerprint density at radius 2 is 1.53 bits per heavy atom. The van der Waals surface area contributed by atoms with Crippen LogP contribution < -0.4 is 10.6 Å². The quantitative estimate of drug-likeness (QED) is 0.0946. The molecule has 3 heterocycles. The summed E-state index contributed by atoms with van der Waals surface area (Å²) in [5.74, 6) is 0.994. The summed E-state index contributed by atoms with van der Waals surface area (Å²) in [6, 6.07) is 27.1. The highest BCUT2D eigenvalue weighted by Crippen LogP contribution is 2.26. The molecule has 9 heteroatoms. The second kappa shape index (κ2) is 16.9. The lowest BCUT2D eigenvalue weighted by Gasteiger charge is -2.08. The van der Waals surface area contributed by atoms with Crippen LogP contribution in [0.25, 0.3) is 32.8 Å². The maximum atomic E-state index is 12.3. The summed E-state index contributed by atoms with van der Waals surface area (Å²) < 4.78 is 22.9. The lowest BCUT2D eigenvalue weighted by Crippen LogP contribution is -2.27. The number of aromatic nitrogens is 2. The molecule has 0 radical (unpaired) electrons. The third-order valence-corrected chi connectivity index (χ3v) is 8.03. The number of rotatable bonds is 19. The molecule has 0 saturated heterocycles. The highest BCUT2D eigenvalue weighted by molar-refractivity contribution is 6.06. The number of nitrogens with zero attached hydrogens (tertiary/aromatic N) is 1. The average molecular weight is 635 g/mol. The zero-order valence-corrected chi connectivity index (χ0v) is 26.6. The fourth-order valence-corrected chi connectivity index (χ4v) is 5.60. The molecular weight excluding hydrogens is 592 g/mol. The van der Waals surface area contributed by atoms with E-state index in [1.165, 1.54) is 11.1 Å². The Labute approximate surface area is 274 Å². The van der Waals surface area contributed by atoms with E-state index in [0.717, 1.165) is 63.6 Å². The van der Waals surface area contributed by atoms with Crippen LogP contribution in [0.2, 0.25) is 0 Å². The molecule has 3 aromatic carbocycles. The Kier molecular flexibility index (Phi) is 11.6. The number of fused-ring (bicyclic) bond motifs is 4. The van der Waals surface area contributed by atoms with Crippen LogP contribution in [0, 0.1) is 0 Å². The van der Waals surface area contributed by atoms with Gasteiger partial charge in [0.2, 0.25) is 5.91 Å². The van der Waals surface area contributed by atoms with E-state index in [0.29, 0.717) is 59.0 Å². The van der Waals surface area contributed by atoms with Gasteiger partial charge in [-0.1, -0.05) is 54.6 Å². The summed E-state index contributed by atoms with van der Waals surface area (Å²) in [6.45, 7) is 5.06. The van der Waals surface area contributed by atoms with Gasteiger partial charge in [-0.05, 0) is 47.4 Å². The average Bonchev–Trinajstić information content (AvgIpc) is 3.67. The summed E-state index contributed by atoms with van der Waals surface area (Å²) in [6.07, 6.45) is 5.56. The first-order valence-electron chi connectivity index (χ1n) is 16.3. The SMILES string of the molecule is O=C(CCc1ccc2c(c1)[nH]c1ccncc12)NCCOCCOCCOCCNCc1ccc2cc(Cc3ccccc3)oc2c1. The summed E-state index contributed by atoms with van der Waals surface area (Å²) in [5, 5.41) is 9.72. The van der Waals surface area contributed by atoms with Gasteiger partial charge in [-0.25, -0.2) is 0 Å². The van der Waals surface area contributed by atoms with Crippen LogP contribution in [0.4, 0.5) is 0 Å². The molecule has 0 saturated carbocycles. The van der Waals surface area contributed by atoms with Gasteiger partial charge in [0, 0.05) is 72.1 Å². The Hall–Kier alpha value is -4.54. The van der Waals surface area contributed by atoms with Gasteiger partial charge in [-0.3, -0.25) is 9.78 Å². The number of nitrogens with one attached hydrogen (secondary N) is 3. The molecule has 0 aliphatic carbocycles. The first-order valence-corrected chi connectivity index (χ1v) is 16.3. The second-order valence-corrected chi connectivity index (χ2v) is 11.5. The smallest absolute Gasteiger partial charge is 0.220 e. The van der Waals surface area contributed by atoms with Crippen LogP contribution in [-0.4, -0.2) is 68.6 Å². The first-order chi connectivity index (χ1) is 23.2. The molecule has 1 amide bonds. The standard InChI is InChI=1S/C38H42N4O5/c43-38(11-8-29-7-10-33-34-27-39-13-12-35(34)42-36(33)23-29)41-15-17-45-19-21-46-20-18-44-16-14-40-26-30-6-9-31-25-32(47-37(31)24-30)22-28-4-2-1-3-5-28/h1-7,9-10,12-13,23-25,27,40,42H,8,11,14-22,26H2,(H,41,43). The number of furan rings is 1. The molecule has 3 N–H and O–H groups in total. The Balaban J connectivity index is 0.743. The first kappa shape index (κ1) is 32.4. The van der Waals surface area contributed by atoms with Crippen molar-refractivity contribution >= 4 is 38.7 Å². The van der Waals surface area contributed by atoms with Crippen molar-refractivity contribution in [3.8, 4) is 0 Å². The van der Waals surface area contributed by atoms with Crippen molar-refractivity contribution in [3.63, 3.8) is 0 Å². The van der Waals surface area contributed by atoms with Crippen LogP contribution in [0.15, 0.2) is 95.7 Å². The van der Waals surface area contributed by atoms with Crippen molar-refractivity contribution in [1.29, 1.82) is 0 Å². The zero-order valence-electron chi connectivity index (χ0n) is 26.6. The number of H-pyrrole nitrogens is 1. The van der Waals surface area contributed by atoms with Crippen LogP contribution >= 0.6 is 0 Å². The summed E-state index contributed by atoms with van der Waals surface area (Å²) in [7, 11) is 0. The minimum absolute atomic E-state index is 0.0177. The number of aromatic amines is 1. The highest BCUT2D eigenvalue weighted by Gasteiger charge is 2.08. The lowest BCUT2D eigenvalue weighted by atomic mass is 10.1. The van der Waals surface area contributed by atoms with E-state index in [1.807, 2.05) is 18.3 Å². The van der Waals surface area contributed by atoms with Gasteiger partial charge in [0.05, 0.1) is 39.6 Å². The number of benzene rings is 3. The molecule has 0 atom stereocenters. The Bertz CT molecular complexity index is 1870. The Morgan fingerprint density at radius 1 is 0.745 bits per heavy atom. The molecule has 0 unspecified atom stereocenters. The maximum absolute atomic E-state index is 12.3. The summed E-state index contributed by atoms with van der Waals surface area (Å²) >= 11 is 0. The summed E-state index contributed by atoms with van der Waals surface area (Å²) in [4.78, 5) is 19.9. The van der Waals surface area contributed by atoms with Crippen molar-refractivity contribution in [2.24, 2.45) is 0 Å². The third-order valence-electron chi connectivity index (χ3n) is 8.03. The predicted octanol–water partition coefficient (Wildman–Crippen LogP) is 5.94. The zero-order chi connectivity index (χ0) is 32.1. The number of amides is 1. The van der Waals surface area contributed by atoms with Gasteiger partial charge in [-0.2, -0.15) is 0 Å². The van der Waals surface area contributed by atoms with Gasteiger partial charge in [0.25, 0.3) is 0 Å². The van der Waals surface area contributed by atoms with Crippen LogP contribution in [0.3, 0.4) is 0 Å². The number of carbonyl (C=O) groups is 1. The molecule has 6 rings (SSSR count). The minimum atomic E-state index is 0.0177. The molecule has 244 valence electrons. The van der Waals surface area contributed by atoms with Crippen LogP contribution in [0.5, 0.6) is 0 Å². The predicted molar refractivity (Wildman–Crippen MR) is 185 cm³/mol. The fourth-order valence-electron chi connectivity index (χ4n) is 5.60. The number of hydrogen-bond acceptors (Lipinski definition) is 7. The fraction of sp³-hybridized carbons (Fsp3) is 0.316.